The van der Waals surface area contributed by atoms with Crippen LogP contribution in [0.4, 0.5) is 0 Å². The number of fused-ring (bicyclic) bond motifs is 1. The van der Waals surface area contributed by atoms with E-state index < -0.39 is 0 Å². The predicted molar refractivity (Wildman–Crippen MR) is 110 cm³/mol. The van der Waals surface area contributed by atoms with E-state index in [-0.39, 0.29) is 25.1 Å². The van der Waals surface area contributed by atoms with Crippen LogP contribution in [0.15, 0.2) is 52.4 Å². The lowest BCUT2D eigenvalue weighted by atomic mass is 10.1. The quantitative estimate of drug-likeness (QED) is 0.619. The maximum Gasteiger partial charge on any atom is 0.0839 e. The molecule has 0 radical (unpaired) electrons. The second-order valence-corrected chi connectivity index (χ2v) is 7.47. The van der Waals surface area contributed by atoms with Gasteiger partial charge in [0.05, 0.1) is 26.6 Å². The van der Waals surface area contributed by atoms with E-state index in [0.717, 1.165) is 26.4 Å². The van der Waals surface area contributed by atoms with E-state index in [2.05, 4.69) is 16.7 Å². The average Bonchev–Trinajstić information content (AvgIpc) is 2.84. The van der Waals surface area contributed by atoms with Crippen LogP contribution < -0.4 is 5.73 Å². The van der Waals surface area contributed by atoms with Gasteiger partial charge in [-0.1, -0.05) is 59.2 Å². The van der Waals surface area contributed by atoms with Crippen molar-refractivity contribution in [3.8, 4) is 0 Å². The first-order valence-electron chi connectivity index (χ1n) is 7.57. The van der Waals surface area contributed by atoms with Gasteiger partial charge in [0.1, 0.15) is 0 Å². The van der Waals surface area contributed by atoms with Gasteiger partial charge in [-0.05, 0) is 30.2 Å². The lowest BCUT2D eigenvalue weighted by Crippen LogP contribution is -2.27. The molecule has 3 aromatic rings. The first-order valence-corrected chi connectivity index (χ1v) is 9.14. The van der Waals surface area contributed by atoms with Crippen LogP contribution in [-0.4, -0.2) is 22.3 Å². The van der Waals surface area contributed by atoms with E-state index in [9.17, 15) is 5.11 Å². The highest BCUT2D eigenvalue weighted by Crippen LogP contribution is 2.42. The van der Waals surface area contributed by atoms with Crippen LogP contribution in [0.25, 0.3) is 10.9 Å². The van der Waals surface area contributed by atoms with Gasteiger partial charge in [0.15, 0.2) is 0 Å². The summed E-state index contributed by atoms with van der Waals surface area (Å²) in [6.45, 7) is -0.0554. The second-order valence-electron chi connectivity index (χ2n) is 5.66. The fraction of sp³-hybridized carbons (Fsp3) is 0.222. The zero-order valence-electron chi connectivity index (χ0n) is 13.6. The molecule has 1 unspecified atom stereocenters. The fourth-order valence-electron chi connectivity index (χ4n) is 2.78. The second kappa shape index (κ2) is 8.67. The molecule has 25 heavy (non-hydrogen) atoms. The Kier molecular flexibility index (Phi) is 7.09. The van der Waals surface area contributed by atoms with Crippen molar-refractivity contribution in [3.05, 3.63) is 58.1 Å². The summed E-state index contributed by atoms with van der Waals surface area (Å²) in [7, 11) is 2.02. The van der Waals surface area contributed by atoms with E-state index >= 15 is 0 Å². The van der Waals surface area contributed by atoms with E-state index in [0.29, 0.717) is 16.5 Å². The molecule has 1 atom stereocenters. The summed E-state index contributed by atoms with van der Waals surface area (Å²) in [6, 6.07) is 13.3. The van der Waals surface area contributed by atoms with E-state index in [4.69, 9.17) is 28.9 Å². The first-order chi connectivity index (χ1) is 11.5. The van der Waals surface area contributed by atoms with Gasteiger partial charge in [-0.25, -0.2) is 0 Å². The lowest BCUT2D eigenvalue weighted by molar-refractivity contribution is 0.265. The number of halogens is 3. The van der Waals surface area contributed by atoms with Crippen LogP contribution in [0.3, 0.4) is 0 Å². The zero-order chi connectivity index (χ0) is 17.3. The fourth-order valence-corrected chi connectivity index (χ4v) is 4.48. The third-order valence-electron chi connectivity index (χ3n) is 3.97. The number of benzene rings is 2. The van der Waals surface area contributed by atoms with E-state index in [1.54, 1.807) is 0 Å². The molecule has 0 bridgehead atoms. The van der Waals surface area contributed by atoms with E-state index in [1.165, 1.54) is 11.8 Å². The first kappa shape index (κ1) is 20.4. The molecule has 134 valence electrons. The van der Waals surface area contributed by atoms with Crippen molar-refractivity contribution < 1.29 is 5.11 Å². The minimum Gasteiger partial charge on any atom is -0.395 e. The minimum absolute atomic E-state index is 0. The number of aliphatic hydroxyl groups is 1. The van der Waals surface area contributed by atoms with Gasteiger partial charge in [-0.15, -0.1) is 12.4 Å². The van der Waals surface area contributed by atoms with Crippen molar-refractivity contribution in [2.45, 2.75) is 22.4 Å². The maximum absolute atomic E-state index is 9.36. The zero-order valence-corrected chi connectivity index (χ0v) is 16.7. The molecule has 7 heteroatoms. The van der Waals surface area contributed by atoms with Crippen LogP contribution in [0.1, 0.15) is 5.56 Å². The maximum atomic E-state index is 9.36. The Morgan fingerprint density at radius 2 is 1.76 bits per heavy atom. The topological polar surface area (TPSA) is 51.2 Å². The summed E-state index contributed by atoms with van der Waals surface area (Å²) in [4.78, 5) is 0.825. The van der Waals surface area contributed by atoms with Crippen molar-refractivity contribution >= 4 is 58.3 Å². The average molecular weight is 418 g/mol. The van der Waals surface area contributed by atoms with E-state index in [1.807, 2.05) is 37.4 Å². The molecule has 0 fully saturated rings. The molecular weight excluding hydrogens is 399 g/mol. The smallest absolute Gasteiger partial charge is 0.0839 e. The number of nitrogens with zero attached hydrogens (tertiary/aromatic N) is 1. The molecule has 1 heterocycles. The summed E-state index contributed by atoms with van der Waals surface area (Å²) < 4.78 is 2.12. The Labute approximate surface area is 167 Å². The summed E-state index contributed by atoms with van der Waals surface area (Å²) in [5.74, 6) is 0. The SMILES string of the molecule is Cl.Cn1c(Sc2c(Cl)cccc2Cl)c(CC(N)CO)c2ccccc21. The molecule has 3 N–H and O–H groups in total. The number of hydrogen-bond acceptors (Lipinski definition) is 3. The highest BCUT2D eigenvalue weighted by atomic mass is 35.5. The third kappa shape index (κ3) is 4.11. The molecule has 0 saturated carbocycles. The normalized spacial score (nSPS) is 12.2. The van der Waals surface area contributed by atoms with Gasteiger partial charge < -0.3 is 15.4 Å². The van der Waals surface area contributed by atoms with Gasteiger partial charge >= 0.3 is 0 Å². The van der Waals surface area contributed by atoms with Gasteiger partial charge in [0, 0.05) is 24.0 Å². The van der Waals surface area contributed by atoms with Crippen LogP contribution in [0.2, 0.25) is 10.0 Å². The van der Waals surface area contributed by atoms with Gasteiger partial charge in [0.25, 0.3) is 0 Å². The number of para-hydroxylation sites is 1. The number of aromatic nitrogens is 1. The summed E-state index contributed by atoms with van der Waals surface area (Å²) >= 11 is 14.2. The molecular formula is C18H19Cl3N2OS. The summed E-state index contributed by atoms with van der Waals surface area (Å²) in [5, 5.41) is 12.8. The van der Waals surface area contributed by atoms with Crippen LogP contribution >= 0.6 is 47.4 Å². The minimum atomic E-state index is -0.308. The predicted octanol–water partition coefficient (Wildman–Crippen LogP) is 4.92. The number of aliphatic hydroxyl groups excluding tert-OH is 1. The molecule has 1 aromatic heterocycles. The molecule has 0 aliphatic carbocycles. The Morgan fingerprint density at radius 3 is 2.40 bits per heavy atom. The van der Waals surface area contributed by atoms with Crippen LogP contribution in [0, 0.1) is 0 Å². The number of rotatable bonds is 5. The van der Waals surface area contributed by atoms with Gasteiger partial charge in [-0.2, -0.15) is 0 Å². The molecule has 0 spiro atoms. The number of hydrogen-bond donors (Lipinski definition) is 2. The van der Waals surface area contributed by atoms with Crippen molar-refractivity contribution in [3.63, 3.8) is 0 Å². The molecule has 0 aliphatic heterocycles. The molecule has 3 nitrogen and oxygen atoms in total. The number of nitrogens with two attached hydrogens (primary N) is 1. The van der Waals surface area contributed by atoms with Crippen LogP contribution in [-0.2, 0) is 13.5 Å². The molecule has 0 amide bonds. The lowest BCUT2D eigenvalue weighted by Gasteiger charge is -2.12. The molecule has 0 aliphatic rings. The molecule has 0 saturated heterocycles. The van der Waals surface area contributed by atoms with Gasteiger partial charge in [-0.3, -0.25) is 0 Å². The van der Waals surface area contributed by atoms with Crippen molar-refractivity contribution in [2.75, 3.05) is 6.61 Å². The molecule has 3 rings (SSSR count). The highest BCUT2D eigenvalue weighted by Gasteiger charge is 2.20. The van der Waals surface area contributed by atoms with Gasteiger partial charge in [0.2, 0.25) is 0 Å². The van der Waals surface area contributed by atoms with Crippen molar-refractivity contribution in [1.29, 1.82) is 0 Å². The molecule has 2 aromatic carbocycles. The van der Waals surface area contributed by atoms with Crippen molar-refractivity contribution in [1.82, 2.24) is 4.57 Å². The Balaban J connectivity index is 0.00000225. The third-order valence-corrected chi connectivity index (χ3v) is 6.18. The Bertz CT molecular complexity index is 862. The number of aryl methyl sites for hydroxylation is 1. The standard InChI is InChI=1S/C18H18Cl2N2OS.ClH/c1-22-16-8-3-2-5-12(16)13(9-11(21)10-23)18(22)24-17-14(19)6-4-7-15(17)20;/h2-8,11,23H,9-10,21H2,1H3;1H. The largest absolute Gasteiger partial charge is 0.395 e. The van der Waals surface area contributed by atoms with Crippen molar-refractivity contribution in [2.24, 2.45) is 12.8 Å². The van der Waals surface area contributed by atoms with Crippen LogP contribution in [0.5, 0.6) is 0 Å². The summed E-state index contributed by atoms with van der Waals surface area (Å²) in [6.07, 6.45) is 0.586. The Morgan fingerprint density at radius 1 is 1.12 bits per heavy atom. The Hall–Kier alpha value is -0.880. The summed E-state index contributed by atoms with van der Waals surface area (Å²) in [5.41, 5.74) is 8.23. The monoisotopic (exact) mass is 416 g/mol. The highest BCUT2D eigenvalue weighted by molar-refractivity contribution is 7.99.